The minimum atomic E-state index is -1.59. The lowest BCUT2D eigenvalue weighted by Gasteiger charge is -2.56. The number of nitrogens with zero attached hydrogens (tertiary/aromatic N) is 2. The number of ether oxygens (including phenoxy) is 1. The van der Waals surface area contributed by atoms with Gasteiger partial charge in [-0.05, 0) is 29.2 Å². The number of hydrogen-bond donors (Lipinski definition) is 1. The molecule has 0 bridgehead atoms. The van der Waals surface area contributed by atoms with Crippen molar-refractivity contribution >= 4 is 29.7 Å². The van der Waals surface area contributed by atoms with Crippen LogP contribution in [0.2, 0.25) is 0 Å². The first-order valence-corrected chi connectivity index (χ1v) is 12.8. The number of β-lactam (4-membered cyclic amide) rings is 1. The van der Waals surface area contributed by atoms with Gasteiger partial charge < -0.3 is 15.0 Å². The van der Waals surface area contributed by atoms with Gasteiger partial charge in [0, 0.05) is 23.5 Å². The molecule has 0 radical (unpaired) electrons. The molecule has 3 aromatic carbocycles. The van der Waals surface area contributed by atoms with Crippen LogP contribution in [-0.4, -0.2) is 34.1 Å². The molecule has 0 aliphatic carbocycles. The highest BCUT2D eigenvalue weighted by atomic mass is 32.2. The van der Waals surface area contributed by atoms with E-state index in [4.69, 9.17) is 4.74 Å². The average molecular weight is 530 g/mol. The van der Waals surface area contributed by atoms with Crippen LogP contribution < -0.4 is 5.32 Å². The SMILES string of the molecule is C=C(C)C(C(=O)OC(c1ccccc1)c1ccccc1)N1C(=O)C(NC(C)=O)(c2ccccc2)C1SN=O. The zero-order valence-corrected chi connectivity index (χ0v) is 21.8. The smallest absolute Gasteiger partial charge is 0.334 e. The van der Waals surface area contributed by atoms with Gasteiger partial charge in [0.2, 0.25) is 5.91 Å². The van der Waals surface area contributed by atoms with Crippen molar-refractivity contribution in [3.8, 4) is 0 Å². The lowest BCUT2D eigenvalue weighted by atomic mass is 9.78. The van der Waals surface area contributed by atoms with Crippen LogP contribution in [0.1, 0.15) is 36.6 Å². The molecule has 1 aliphatic heterocycles. The zero-order valence-electron chi connectivity index (χ0n) is 20.9. The summed E-state index contributed by atoms with van der Waals surface area (Å²) in [4.78, 5) is 52.6. The van der Waals surface area contributed by atoms with Crippen molar-refractivity contribution in [2.75, 3.05) is 0 Å². The van der Waals surface area contributed by atoms with Gasteiger partial charge >= 0.3 is 5.97 Å². The molecule has 1 fully saturated rings. The molecule has 9 heteroatoms. The number of nitroso groups, excluding NO2 is 1. The summed E-state index contributed by atoms with van der Waals surface area (Å²) in [6.07, 6.45) is -0.743. The van der Waals surface area contributed by atoms with E-state index in [1.54, 1.807) is 37.3 Å². The monoisotopic (exact) mass is 529 g/mol. The van der Waals surface area contributed by atoms with Gasteiger partial charge in [0.15, 0.2) is 17.7 Å². The Morgan fingerprint density at radius 2 is 1.45 bits per heavy atom. The number of carbonyl (C=O) groups excluding carboxylic acids is 3. The van der Waals surface area contributed by atoms with Crippen LogP contribution in [0.3, 0.4) is 0 Å². The van der Waals surface area contributed by atoms with E-state index < -0.39 is 40.8 Å². The van der Waals surface area contributed by atoms with Crippen molar-refractivity contribution in [1.29, 1.82) is 0 Å². The number of amides is 2. The number of carbonyl (C=O) groups is 3. The normalized spacial score (nSPS) is 19.3. The summed E-state index contributed by atoms with van der Waals surface area (Å²) in [6, 6.07) is 25.9. The van der Waals surface area contributed by atoms with Crippen LogP contribution in [0.4, 0.5) is 0 Å². The molecule has 1 heterocycles. The van der Waals surface area contributed by atoms with E-state index in [2.05, 4.69) is 16.5 Å². The van der Waals surface area contributed by atoms with E-state index in [1.807, 2.05) is 60.7 Å². The maximum absolute atomic E-state index is 13.9. The molecule has 38 heavy (non-hydrogen) atoms. The second-order valence-corrected chi connectivity index (χ2v) is 9.79. The number of nitrogens with one attached hydrogen (secondary N) is 1. The van der Waals surface area contributed by atoms with E-state index in [9.17, 15) is 19.3 Å². The molecule has 3 unspecified atom stereocenters. The summed E-state index contributed by atoms with van der Waals surface area (Å²) in [6.45, 7) is 6.83. The fourth-order valence-electron chi connectivity index (χ4n) is 4.73. The first-order chi connectivity index (χ1) is 18.3. The Morgan fingerprint density at radius 3 is 1.89 bits per heavy atom. The molecule has 3 atom stereocenters. The highest BCUT2D eigenvalue weighted by Gasteiger charge is 2.66. The highest BCUT2D eigenvalue weighted by Crippen LogP contribution is 2.48. The quantitative estimate of drug-likeness (QED) is 0.132. The molecule has 3 aromatic rings. The third-order valence-corrected chi connectivity index (χ3v) is 7.21. The average Bonchev–Trinajstić information content (AvgIpc) is 2.93. The fraction of sp³-hybridized carbons (Fsp3) is 0.207. The van der Waals surface area contributed by atoms with Gasteiger partial charge in [0.1, 0.15) is 5.37 Å². The minimum Gasteiger partial charge on any atom is -0.451 e. The highest BCUT2D eigenvalue weighted by molar-refractivity contribution is 7.98. The summed E-state index contributed by atoms with van der Waals surface area (Å²) < 4.78 is 9.00. The second kappa shape index (κ2) is 11.4. The minimum absolute atomic E-state index is 0.337. The van der Waals surface area contributed by atoms with Crippen molar-refractivity contribution in [2.45, 2.75) is 36.9 Å². The molecule has 0 saturated carbocycles. The Balaban J connectivity index is 1.72. The summed E-state index contributed by atoms with van der Waals surface area (Å²) >= 11 is 0.559. The van der Waals surface area contributed by atoms with Crippen molar-refractivity contribution in [3.05, 3.63) is 125 Å². The Kier molecular flexibility index (Phi) is 8.07. The van der Waals surface area contributed by atoms with E-state index in [0.29, 0.717) is 23.1 Å². The van der Waals surface area contributed by atoms with Crippen molar-refractivity contribution in [2.24, 2.45) is 4.58 Å². The molecular weight excluding hydrogens is 502 g/mol. The molecule has 8 nitrogen and oxygen atoms in total. The van der Waals surface area contributed by atoms with Crippen LogP contribution in [-0.2, 0) is 24.7 Å². The van der Waals surface area contributed by atoms with Crippen molar-refractivity contribution < 1.29 is 19.1 Å². The third kappa shape index (κ3) is 4.97. The van der Waals surface area contributed by atoms with Crippen LogP contribution >= 0.6 is 11.9 Å². The van der Waals surface area contributed by atoms with Crippen LogP contribution in [0.25, 0.3) is 0 Å². The van der Waals surface area contributed by atoms with Crippen molar-refractivity contribution in [1.82, 2.24) is 10.2 Å². The molecule has 0 spiro atoms. The summed E-state index contributed by atoms with van der Waals surface area (Å²) in [5.41, 5.74) is 0.722. The maximum atomic E-state index is 13.9. The first kappa shape index (κ1) is 26.8. The van der Waals surface area contributed by atoms with Gasteiger partial charge in [-0.1, -0.05) is 97.6 Å². The van der Waals surface area contributed by atoms with Gasteiger partial charge in [-0.3, -0.25) is 9.59 Å². The van der Waals surface area contributed by atoms with Gasteiger partial charge in [0.25, 0.3) is 5.91 Å². The van der Waals surface area contributed by atoms with Crippen LogP contribution in [0.5, 0.6) is 0 Å². The van der Waals surface area contributed by atoms with Gasteiger partial charge in [0.05, 0.1) is 0 Å². The number of esters is 1. The van der Waals surface area contributed by atoms with Gasteiger partial charge in [-0.2, -0.15) is 0 Å². The molecule has 2 amide bonds. The van der Waals surface area contributed by atoms with Crippen LogP contribution in [0, 0.1) is 4.91 Å². The number of hydrogen-bond acceptors (Lipinski definition) is 7. The van der Waals surface area contributed by atoms with E-state index in [1.165, 1.54) is 11.8 Å². The van der Waals surface area contributed by atoms with E-state index in [-0.39, 0.29) is 0 Å². The van der Waals surface area contributed by atoms with Crippen LogP contribution in [0.15, 0.2) is 108 Å². The first-order valence-electron chi connectivity index (χ1n) is 11.9. The molecule has 4 rings (SSSR count). The Bertz CT molecular complexity index is 1300. The second-order valence-electron chi connectivity index (χ2n) is 8.99. The largest absolute Gasteiger partial charge is 0.451 e. The molecule has 1 N–H and O–H groups in total. The Labute approximate surface area is 225 Å². The number of rotatable bonds is 10. The van der Waals surface area contributed by atoms with E-state index >= 15 is 0 Å². The summed E-state index contributed by atoms with van der Waals surface area (Å²) in [5, 5.41) is 1.70. The summed E-state index contributed by atoms with van der Waals surface area (Å²) in [7, 11) is 0. The number of benzene rings is 3. The lowest BCUT2D eigenvalue weighted by molar-refractivity contribution is -0.172. The standard InChI is InChI=1S/C29H27N3O5S/c1-19(2)24(26(34)37-25(21-13-7-4-8-14-21)22-15-9-5-10-16-22)32-27(35)29(30-20(3)33,28(32)38-31-36)23-17-11-6-12-18-23/h4-18,24-25,28H,1H2,2-3H3,(H,30,33). The maximum Gasteiger partial charge on any atom is 0.334 e. The molecule has 1 aliphatic rings. The molecule has 1 saturated heterocycles. The zero-order chi connectivity index (χ0) is 27.3. The van der Waals surface area contributed by atoms with Crippen molar-refractivity contribution in [3.63, 3.8) is 0 Å². The fourth-order valence-corrected chi connectivity index (χ4v) is 5.59. The van der Waals surface area contributed by atoms with Gasteiger partial charge in [-0.15, -0.1) is 4.91 Å². The Morgan fingerprint density at radius 1 is 0.947 bits per heavy atom. The molecule has 0 aromatic heterocycles. The predicted molar refractivity (Wildman–Crippen MR) is 145 cm³/mol. The van der Waals surface area contributed by atoms with Gasteiger partial charge in [-0.25, -0.2) is 4.79 Å². The predicted octanol–water partition coefficient (Wildman–Crippen LogP) is 4.88. The topological polar surface area (TPSA) is 105 Å². The number of likely N-dealkylation sites (tertiary alicyclic amines) is 1. The molecule has 194 valence electrons. The lowest BCUT2D eigenvalue weighted by Crippen LogP contribution is -2.79. The molecular formula is C29H27N3O5S. The van der Waals surface area contributed by atoms with E-state index in [0.717, 1.165) is 11.1 Å². The third-order valence-electron chi connectivity index (χ3n) is 6.35. The Hall–Kier alpha value is -4.24. The summed E-state index contributed by atoms with van der Waals surface area (Å²) in [5.74, 6) is -1.76.